The summed E-state index contributed by atoms with van der Waals surface area (Å²) in [4.78, 5) is 12.7. The molecule has 0 atom stereocenters. The van der Waals surface area contributed by atoms with Gasteiger partial charge in [0.15, 0.2) is 11.5 Å². The van der Waals surface area contributed by atoms with Gasteiger partial charge >= 0.3 is 0 Å². The maximum Gasteiger partial charge on any atom is 0.277 e. The number of hydrogen-bond donors (Lipinski definition) is 1. The highest BCUT2D eigenvalue weighted by atomic mass is 32.2. The third-order valence-electron chi connectivity index (χ3n) is 4.67. The van der Waals surface area contributed by atoms with Crippen LogP contribution in [0.15, 0.2) is 51.9 Å². The van der Waals surface area contributed by atoms with E-state index in [9.17, 15) is 13.2 Å². The second kappa shape index (κ2) is 9.92. The molecule has 1 aromatic heterocycles. The Morgan fingerprint density at radius 1 is 1.06 bits per heavy atom. The van der Waals surface area contributed by atoms with Crippen LogP contribution in [-0.4, -0.2) is 58.7 Å². The van der Waals surface area contributed by atoms with Gasteiger partial charge in [-0.15, -0.1) is 0 Å². The van der Waals surface area contributed by atoms with Crippen molar-refractivity contribution < 1.29 is 31.9 Å². The monoisotopic (exact) mass is 475 g/mol. The van der Waals surface area contributed by atoms with Crippen molar-refractivity contribution >= 4 is 21.6 Å². The molecule has 1 heterocycles. The van der Waals surface area contributed by atoms with Crippen LogP contribution >= 0.6 is 0 Å². The predicted octanol–water partition coefficient (Wildman–Crippen LogP) is 3.26. The van der Waals surface area contributed by atoms with E-state index in [2.05, 4.69) is 10.5 Å². The molecule has 0 spiro atoms. The zero-order chi connectivity index (χ0) is 24.2. The molecule has 0 bridgehead atoms. The van der Waals surface area contributed by atoms with E-state index in [0.717, 1.165) is 4.31 Å². The normalized spacial score (nSPS) is 11.3. The molecule has 11 heteroatoms. The van der Waals surface area contributed by atoms with Crippen LogP contribution in [0.3, 0.4) is 0 Å². The Morgan fingerprint density at radius 3 is 2.42 bits per heavy atom. The van der Waals surface area contributed by atoms with Gasteiger partial charge in [-0.2, -0.15) is 0 Å². The molecule has 3 aromatic rings. The molecule has 10 nitrogen and oxygen atoms in total. The molecular weight excluding hydrogens is 450 g/mol. The van der Waals surface area contributed by atoms with Gasteiger partial charge in [0.1, 0.15) is 22.1 Å². The largest absolute Gasteiger partial charge is 0.497 e. The second-order valence-electron chi connectivity index (χ2n) is 6.98. The average molecular weight is 476 g/mol. The van der Waals surface area contributed by atoms with Crippen molar-refractivity contribution in [1.29, 1.82) is 0 Å². The van der Waals surface area contributed by atoms with Crippen molar-refractivity contribution in [3.63, 3.8) is 0 Å². The molecule has 0 saturated heterocycles. The van der Waals surface area contributed by atoms with E-state index in [1.54, 1.807) is 31.2 Å². The lowest BCUT2D eigenvalue weighted by atomic mass is 10.1. The third kappa shape index (κ3) is 5.10. The van der Waals surface area contributed by atoms with Crippen LogP contribution in [0.1, 0.15) is 17.4 Å². The minimum atomic E-state index is -3.80. The van der Waals surface area contributed by atoms with Gasteiger partial charge in [0.25, 0.3) is 5.91 Å². The zero-order valence-corrected chi connectivity index (χ0v) is 19.7. The molecule has 0 aliphatic heterocycles. The standard InChI is InChI=1S/C22H25N3O7S/c1-6-31-19-9-7-14(11-21(19)33(27,28)25(2)3)23-22(26)17-13-20(32-24-17)16-12-15(29-4)8-10-18(16)30-5/h7-13H,6H2,1-5H3,(H,23,26). The number of methoxy groups -OCH3 is 2. The van der Waals surface area contributed by atoms with E-state index in [0.29, 0.717) is 22.8 Å². The SMILES string of the molecule is CCOc1ccc(NC(=O)c2cc(-c3cc(OC)ccc3OC)on2)cc1S(=O)(=O)N(C)C. The summed E-state index contributed by atoms with van der Waals surface area (Å²) in [7, 11) is 2.08. The van der Waals surface area contributed by atoms with Gasteiger partial charge in [-0.05, 0) is 43.3 Å². The number of anilines is 1. The van der Waals surface area contributed by atoms with Gasteiger partial charge in [0.2, 0.25) is 10.0 Å². The quantitative estimate of drug-likeness (QED) is 0.501. The Morgan fingerprint density at radius 2 is 1.79 bits per heavy atom. The van der Waals surface area contributed by atoms with E-state index >= 15 is 0 Å². The number of ether oxygens (including phenoxy) is 3. The summed E-state index contributed by atoms with van der Waals surface area (Å²) in [5, 5.41) is 6.47. The van der Waals surface area contributed by atoms with E-state index in [1.165, 1.54) is 46.5 Å². The number of hydrogen-bond acceptors (Lipinski definition) is 8. The van der Waals surface area contributed by atoms with Crippen molar-refractivity contribution in [3.05, 3.63) is 48.2 Å². The minimum Gasteiger partial charge on any atom is -0.497 e. The number of nitrogens with zero attached hydrogens (tertiary/aromatic N) is 2. The van der Waals surface area contributed by atoms with Crippen molar-refractivity contribution in [3.8, 4) is 28.6 Å². The lowest BCUT2D eigenvalue weighted by Crippen LogP contribution is -2.23. The van der Waals surface area contributed by atoms with Crippen molar-refractivity contribution in [2.75, 3.05) is 40.2 Å². The number of carbonyl (C=O) groups is 1. The number of nitrogens with one attached hydrogen (secondary N) is 1. The molecule has 1 N–H and O–H groups in total. The molecule has 0 aliphatic rings. The van der Waals surface area contributed by atoms with E-state index in [1.807, 2.05) is 0 Å². The number of carbonyl (C=O) groups excluding carboxylic acids is 1. The van der Waals surface area contributed by atoms with Gasteiger partial charge in [-0.3, -0.25) is 4.79 Å². The van der Waals surface area contributed by atoms with Crippen molar-refractivity contribution in [2.24, 2.45) is 0 Å². The van der Waals surface area contributed by atoms with Gasteiger partial charge in [-0.25, -0.2) is 12.7 Å². The molecule has 3 rings (SSSR count). The molecule has 33 heavy (non-hydrogen) atoms. The first-order valence-corrected chi connectivity index (χ1v) is 11.3. The number of aromatic nitrogens is 1. The maximum atomic E-state index is 12.8. The number of amides is 1. The minimum absolute atomic E-state index is 0.000717. The molecule has 0 fully saturated rings. The first-order valence-electron chi connectivity index (χ1n) is 9.91. The topological polar surface area (TPSA) is 120 Å². The molecule has 1 amide bonds. The Bertz CT molecular complexity index is 1250. The van der Waals surface area contributed by atoms with Crippen LogP contribution < -0.4 is 19.5 Å². The van der Waals surface area contributed by atoms with E-state index < -0.39 is 15.9 Å². The van der Waals surface area contributed by atoms with Crippen LogP contribution in [0, 0.1) is 0 Å². The first-order chi connectivity index (χ1) is 15.7. The molecular formula is C22H25N3O7S. The summed E-state index contributed by atoms with van der Waals surface area (Å²) in [6, 6.07) is 11.0. The number of benzene rings is 2. The van der Waals surface area contributed by atoms with E-state index in [-0.39, 0.29) is 28.6 Å². The highest BCUT2D eigenvalue weighted by Gasteiger charge is 2.24. The average Bonchev–Trinajstić information content (AvgIpc) is 3.30. The smallest absolute Gasteiger partial charge is 0.277 e. The first kappa shape index (κ1) is 24.1. The van der Waals surface area contributed by atoms with Gasteiger partial charge in [-0.1, -0.05) is 5.16 Å². The highest BCUT2D eigenvalue weighted by molar-refractivity contribution is 7.89. The summed E-state index contributed by atoms with van der Waals surface area (Å²) < 4.78 is 47.8. The Labute approximate surface area is 192 Å². The Hall–Kier alpha value is -3.57. The molecule has 0 radical (unpaired) electrons. The molecule has 0 unspecified atom stereocenters. The number of sulfonamides is 1. The summed E-state index contributed by atoms with van der Waals surface area (Å²) in [6.07, 6.45) is 0. The fraction of sp³-hybridized carbons (Fsp3) is 0.273. The summed E-state index contributed by atoms with van der Waals surface area (Å²) in [6.45, 7) is 2.04. The van der Waals surface area contributed by atoms with Gasteiger partial charge in [0, 0.05) is 25.8 Å². The van der Waals surface area contributed by atoms with Crippen molar-refractivity contribution in [1.82, 2.24) is 9.46 Å². The van der Waals surface area contributed by atoms with Gasteiger partial charge < -0.3 is 24.1 Å². The molecule has 176 valence electrons. The third-order valence-corrected chi connectivity index (χ3v) is 6.51. The maximum absolute atomic E-state index is 12.8. The van der Waals surface area contributed by atoms with Crippen LogP contribution in [0.5, 0.6) is 17.2 Å². The second-order valence-corrected chi connectivity index (χ2v) is 9.10. The lowest BCUT2D eigenvalue weighted by Gasteiger charge is -2.16. The van der Waals surface area contributed by atoms with Crippen LogP contribution in [0.2, 0.25) is 0 Å². The fourth-order valence-electron chi connectivity index (χ4n) is 2.97. The molecule has 2 aromatic carbocycles. The highest BCUT2D eigenvalue weighted by Crippen LogP contribution is 2.34. The summed E-state index contributed by atoms with van der Waals surface area (Å²) >= 11 is 0. The fourth-order valence-corrected chi connectivity index (χ4v) is 4.02. The number of rotatable bonds is 9. The molecule has 0 aliphatic carbocycles. The van der Waals surface area contributed by atoms with Crippen LogP contribution in [0.4, 0.5) is 5.69 Å². The molecule has 0 saturated carbocycles. The lowest BCUT2D eigenvalue weighted by molar-refractivity contribution is 0.101. The van der Waals surface area contributed by atoms with Gasteiger partial charge in [0.05, 0.1) is 26.4 Å². The predicted molar refractivity (Wildman–Crippen MR) is 121 cm³/mol. The van der Waals surface area contributed by atoms with E-state index in [4.69, 9.17) is 18.7 Å². The Balaban J connectivity index is 1.90. The van der Waals surface area contributed by atoms with Crippen LogP contribution in [-0.2, 0) is 10.0 Å². The summed E-state index contributed by atoms with van der Waals surface area (Å²) in [5.41, 5.74) is 0.817. The van der Waals surface area contributed by atoms with Crippen LogP contribution in [0.25, 0.3) is 11.3 Å². The zero-order valence-electron chi connectivity index (χ0n) is 18.9. The summed E-state index contributed by atoms with van der Waals surface area (Å²) in [5.74, 6) is 1.02. The Kier molecular flexibility index (Phi) is 7.24. The van der Waals surface area contributed by atoms with Crippen molar-refractivity contribution in [2.45, 2.75) is 11.8 Å².